The molecule has 2 amide bonds. The molecule has 6 heteroatoms. The molecular weight excluding hydrogens is 258 g/mol. The highest BCUT2D eigenvalue weighted by Gasteiger charge is 2.23. The predicted molar refractivity (Wildman–Crippen MR) is 75.5 cm³/mol. The molecule has 1 aliphatic rings. The van der Waals surface area contributed by atoms with Gasteiger partial charge in [0.25, 0.3) is 5.91 Å². The highest BCUT2D eigenvalue weighted by molar-refractivity contribution is 5.94. The summed E-state index contributed by atoms with van der Waals surface area (Å²) in [4.78, 5) is 24.3. The molecule has 0 radical (unpaired) electrons. The lowest BCUT2D eigenvalue weighted by Crippen LogP contribution is -2.43. The molecular formula is C14H19N3O3. The van der Waals surface area contributed by atoms with E-state index >= 15 is 0 Å². The van der Waals surface area contributed by atoms with E-state index in [1.807, 2.05) is 0 Å². The maximum atomic E-state index is 11.9. The van der Waals surface area contributed by atoms with Gasteiger partial charge >= 0.3 is 6.09 Å². The molecule has 1 aromatic carbocycles. The Bertz CT molecular complexity index is 487. The number of carbonyl (C=O) groups is 2. The van der Waals surface area contributed by atoms with E-state index in [9.17, 15) is 9.59 Å². The van der Waals surface area contributed by atoms with E-state index in [4.69, 9.17) is 10.8 Å². The first-order chi connectivity index (χ1) is 9.56. The van der Waals surface area contributed by atoms with E-state index in [0.29, 0.717) is 30.9 Å². The Kier molecular flexibility index (Phi) is 4.45. The SMILES string of the molecule is Nc1ccc(C(=O)NCC2CCCN(C(=O)O)C2)cc1. The first-order valence-electron chi connectivity index (χ1n) is 6.68. The van der Waals surface area contributed by atoms with Gasteiger partial charge in [-0.05, 0) is 43.0 Å². The van der Waals surface area contributed by atoms with Gasteiger partial charge in [-0.2, -0.15) is 0 Å². The molecule has 0 saturated carbocycles. The van der Waals surface area contributed by atoms with E-state index in [0.717, 1.165) is 12.8 Å². The second kappa shape index (κ2) is 6.27. The molecule has 1 unspecified atom stereocenters. The number of benzene rings is 1. The summed E-state index contributed by atoms with van der Waals surface area (Å²) >= 11 is 0. The van der Waals surface area contributed by atoms with Crippen LogP contribution in [-0.2, 0) is 0 Å². The summed E-state index contributed by atoms with van der Waals surface area (Å²) in [6, 6.07) is 6.72. The molecule has 1 atom stereocenters. The highest BCUT2D eigenvalue weighted by Crippen LogP contribution is 2.16. The van der Waals surface area contributed by atoms with Gasteiger partial charge in [0.05, 0.1) is 0 Å². The molecule has 1 heterocycles. The number of hydrogen-bond acceptors (Lipinski definition) is 3. The summed E-state index contributed by atoms with van der Waals surface area (Å²) in [5.74, 6) is 0.0232. The van der Waals surface area contributed by atoms with Crippen LogP contribution in [0.5, 0.6) is 0 Å². The van der Waals surface area contributed by atoms with Crippen LogP contribution < -0.4 is 11.1 Å². The fourth-order valence-electron chi connectivity index (χ4n) is 2.38. The third kappa shape index (κ3) is 3.63. The molecule has 0 aromatic heterocycles. The molecule has 0 spiro atoms. The normalized spacial score (nSPS) is 18.6. The van der Waals surface area contributed by atoms with Gasteiger partial charge in [0.1, 0.15) is 0 Å². The van der Waals surface area contributed by atoms with Gasteiger partial charge in [-0.25, -0.2) is 4.79 Å². The number of carbonyl (C=O) groups excluding carboxylic acids is 1. The predicted octanol–water partition coefficient (Wildman–Crippen LogP) is 1.39. The Morgan fingerprint density at radius 2 is 2.05 bits per heavy atom. The molecule has 1 aromatic rings. The van der Waals surface area contributed by atoms with Crippen LogP contribution in [0.2, 0.25) is 0 Å². The number of carboxylic acid groups (broad SMARTS) is 1. The van der Waals surface area contributed by atoms with Crippen molar-refractivity contribution in [1.29, 1.82) is 0 Å². The quantitative estimate of drug-likeness (QED) is 0.727. The van der Waals surface area contributed by atoms with Crippen molar-refractivity contribution in [3.8, 4) is 0 Å². The number of likely N-dealkylation sites (tertiary alicyclic amines) is 1. The number of piperidine rings is 1. The van der Waals surface area contributed by atoms with Gasteiger partial charge in [0.15, 0.2) is 0 Å². The van der Waals surface area contributed by atoms with Crippen molar-refractivity contribution in [2.24, 2.45) is 5.92 Å². The zero-order chi connectivity index (χ0) is 14.5. The van der Waals surface area contributed by atoms with Gasteiger partial charge in [-0.15, -0.1) is 0 Å². The summed E-state index contributed by atoms with van der Waals surface area (Å²) in [5, 5.41) is 11.8. The minimum Gasteiger partial charge on any atom is -0.465 e. The van der Waals surface area contributed by atoms with Crippen molar-refractivity contribution in [2.75, 3.05) is 25.4 Å². The minimum atomic E-state index is -0.889. The van der Waals surface area contributed by atoms with Crippen molar-refractivity contribution in [3.05, 3.63) is 29.8 Å². The summed E-state index contributed by atoms with van der Waals surface area (Å²) in [7, 11) is 0. The molecule has 4 N–H and O–H groups in total. The molecule has 20 heavy (non-hydrogen) atoms. The summed E-state index contributed by atoms with van der Waals surface area (Å²) < 4.78 is 0. The van der Waals surface area contributed by atoms with Gasteiger partial charge in [-0.3, -0.25) is 4.79 Å². The van der Waals surface area contributed by atoms with Crippen LogP contribution in [0.1, 0.15) is 23.2 Å². The van der Waals surface area contributed by atoms with Crippen LogP contribution in [0.4, 0.5) is 10.5 Å². The topological polar surface area (TPSA) is 95.7 Å². The lowest BCUT2D eigenvalue weighted by Gasteiger charge is -2.30. The van der Waals surface area contributed by atoms with Gasteiger partial charge in [-0.1, -0.05) is 0 Å². The Balaban J connectivity index is 1.84. The number of nitrogens with zero attached hydrogens (tertiary/aromatic N) is 1. The van der Waals surface area contributed by atoms with Crippen molar-refractivity contribution in [3.63, 3.8) is 0 Å². The van der Waals surface area contributed by atoms with E-state index < -0.39 is 6.09 Å². The molecule has 1 saturated heterocycles. The van der Waals surface area contributed by atoms with E-state index in [2.05, 4.69) is 5.32 Å². The first-order valence-corrected chi connectivity index (χ1v) is 6.68. The Morgan fingerprint density at radius 1 is 1.35 bits per heavy atom. The Labute approximate surface area is 117 Å². The summed E-state index contributed by atoms with van der Waals surface area (Å²) in [6.45, 7) is 1.56. The summed E-state index contributed by atoms with van der Waals surface area (Å²) in [5.41, 5.74) is 6.75. The van der Waals surface area contributed by atoms with Crippen LogP contribution in [0.25, 0.3) is 0 Å². The zero-order valence-electron chi connectivity index (χ0n) is 11.2. The zero-order valence-corrected chi connectivity index (χ0v) is 11.2. The third-order valence-corrected chi connectivity index (χ3v) is 3.51. The fraction of sp³-hybridized carbons (Fsp3) is 0.429. The van der Waals surface area contributed by atoms with Crippen molar-refractivity contribution in [1.82, 2.24) is 10.2 Å². The van der Waals surface area contributed by atoms with Crippen LogP contribution >= 0.6 is 0 Å². The number of hydrogen-bond donors (Lipinski definition) is 3. The smallest absolute Gasteiger partial charge is 0.407 e. The lowest BCUT2D eigenvalue weighted by atomic mass is 9.98. The maximum absolute atomic E-state index is 11.9. The summed E-state index contributed by atoms with van der Waals surface area (Å²) in [6.07, 6.45) is 0.889. The number of nitrogens with one attached hydrogen (secondary N) is 1. The number of amides is 2. The molecule has 0 bridgehead atoms. The second-order valence-electron chi connectivity index (χ2n) is 5.07. The Morgan fingerprint density at radius 3 is 2.70 bits per heavy atom. The highest BCUT2D eigenvalue weighted by atomic mass is 16.4. The largest absolute Gasteiger partial charge is 0.465 e. The first kappa shape index (κ1) is 14.2. The van der Waals surface area contributed by atoms with Gasteiger partial charge in [0, 0.05) is 30.9 Å². The van der Waals surface area contributed by atoms with Crippen LogP contribution in [0, 0.1) is 5.92 Å². The van der Waals surface area contributed by atoms with Crippen LogP contribution in [-0.4, -0.2) is 41.6 Å². The maximum Gasteiger partial charge on any atom is 0.407 e. The van der Waals surface area contributed by atoms with E-state index in [1.165, 1.54) is 4.90 Å². The lowest BCUT2D eigenvalue weighted by molar-refractivity contribution is 0.0928. The number of nitrogen functional groups attached to an aromatic ring is 1. The fourth-order valence-corrected chi connectivity index (χ4v) is 2.38. The van der Waals surface area contributed by atoms with Crippen molar-refractivity contribution in [2.45, 2.75) is 12.8 Å². The van der Waals surface area contributed by atoms with Gasteiger partial charge < -0.3 is 21.1 Å². The number of nitrogens with two attached hydrogens (primary N) is 1. The standard InChI is InChI=1S/C14H19N3O3/c15-12-5-3-11(4-6-12)13(18)16-8-10-2-1-7-17(9-10)14(19)20/h3-6,10H,1-2,7-9,15H2,(H,16,18)(H,19,20). The van der Waals surface area contributed by atoms with E-state index in [-0.39, 0.29) is 11.8 Å². The monoisotopic (exact) mass is 277 g/mol. The molecule has 1 fully saturated rings. The average Bonchev–Trinajstić information content (AvgIpc) is 2.46. The average molecular weight is 277 g/mol. The molecule has 6 nitrogen and oxygen atoms in total. The minimum absolute atomic E-state index is 0.155. The van der Waals surface area contributed by atoms with Crippen LogP contribution in [0.3, 0.4) is 0 Å². The van der Waals surface area contributed by atoms with Crippen molar-refractivity contribution < 1.29 is 14.7 Å². The number of rotatable bonds is 3. The molecule has 0 aliphatic carbocycles. The third-order valence-electron chi connectivity index (χ3n) is 3.51. The van der Waals surface area contributed by atoms with E-state index in [1.54, 1.807) is 24.3 Å². The van der Waals surface area contributed by atoms with Crippen LogP contribution in [0.15, 0.2) is 24.3 Å². The molecule has 108 valence electrons. The number of anilines is 1. The van der Waals surface area contributed by atoms with Crippen molar-refractivity contribution >= 4 is 17.7 Å². The Hall–Kier alpha value is -2.24. The molecule has 2 rings (SSSR count). The molecule has 1 aliphatic heterocycles. The van der Waals surface area contributed by atoms with Gasteiger partial charge in [0.2, 0.25) is 0 Å². The second-order valence-corrected chi connectivity index (χ2v) is 5.07.